The van der Waals surface area contributed by atoms with E-state index in [9.17, 15) is 14.4 Å². The average molecular weight is 413 g/mol. The van der Waals surface area contributed by atoms with Crippen LogP contribution in [0.3, 0.4) is 0 Å². The predicted octanol–water partition coefficient (Wildman–Crippen LogP) is 1.36. The Hall–Kier alpha value is -2.41. The zero-order valence-corrected chi connectivity index (χ0v) is 18.0. The first kappa shape index (κ1) is 20.8. The minimum atomic E-state index is -0.288. The third-order valence-electron chi connectivity index (χ3n) is 6.79. The quantitative estimate of drug-likeness (QED) is 0.752. The van der Waals surface area contributed by atoms with Gasteiger partial charge in [-0.2, -0.15) is 0 Å². The van der Waals surface area contributed by atoms with Crippen molar-refractivity contribution in [2.24, 2.45) is 11.8 Å². The number of benzene rings is 1. The number of carbonyl (C=O) groups excluding carboxylic acids is 3. The maximum atomic E-state index is 13.0. The summed E-state index contributed by atoms with van der Waals surface area (Å²) in [5, 5.41) is 0. The second-order valence-electron chi connectivity index (χ2n) is 8.97. The molecule has 0 aromatic heterocycles. The largest absolute Gasteiger partial charge is 0.342 e. The lowest BCUT2D eigenvalue weighted by Gasteiger charge is -2.38. The van der Waals surface area contributed by atoms with Gasteiger partial charge in [0.05, 0.1) is 5.92 Å². The summed E-state index contributed by atoms with van der Waals surface area (Å²) in [5.41, 5.74) is 2.00. The molecular weight excluding hydrogens is 380 g/mol. The van der Waals surface area contributed by atoms with Crippen LogP contribution in [0.4, 0.5) is 5.69 Å². The highest BCUT2D eigenvalue weighted by Crippen LogP contribution is 2.28. The Balaban J connectivity index is 1.29. The van der Waals surface area contributed by atoms with Gasteiger partial charge in [-0.25, -0.2) is 0 Å². The lowest BCUT2D eigenvalue weighted by molar-refractivity contribution is -0.143. The molecule has 30 heavy (non-hydrogen) atoms. The van der Waals surface area contributed by atoms with E-state index in [2.05, 4.69) is 11.9 Å². The van der Waals surface area contributed by atoms with Gasteiger partial charge in [-0.05, 0) is 38.9 Å². The van der Waals surface area contributed by atoms with Gasteiger partial charge in [-0.15, -0.1) is 0 Å². The van der Waals surface area contributed by atoms with Crippen LogP contribution in [-0.2, 0) is 14.4 Å². The topological polar surface area (TPSA) is 64.2 Å². The van der Waals surface area contributed by atoms with Crippen LogP contribution in [0.2, 0.25) is 0 Å². The number of carbonyl (C=O) groups is 3. The Labute approximate surface area is 178 Å². The number of rotatable bonds is 3. The van der Waals surface area contributed by atoms with Crippen molar-refractivity contribution >= 4 is 23.4 Å². The number of piperazine rings is 1. The molecule has 7 nitrogen and oxygen atoms in total. The molecule has 0 spiro atoms. The number of likely N-dealkylation sites (tertiary alicyclic amines) is 1. The summed E-state index contributed by atoms with van der Waals surface area (Å²) < 4.78 is 0. The Bertz CT molecular complexity index is 793. The van der Waals surface area contributed by atoms with E-state index in [1.807, 2.05) is 41.0 Å². The van der Waals surface area contributed by atoms with Crippen LogP contribution >= 0.6 is 0 Å². The minimum Gasteiger partial charge on any atom is -0.342 e. The minimum absolute atomic E-state index is 0.0114. The maximum absolute atomic E-state index is 13.0. The molecule has 3 heterocycles. The summed E-state index contributed by atoms with van der Waals surface area (Å²) in [6, 6.07) is 7.85. The molecule has 0 N–H and O–H groups in total. The van der Waals surface area contributed by atoms with Crippen molar-refractivity contribution in [2.75, 3.05) is 57.8 Å². The van der Waals surface area contributed by atoms with Gasteiger partial charge in [0.25, 0.3) is 0 Å². The summed E-state index contributed by atoms with van der Waals surface area (Å²) in [6.45, 7) is 7.13. The first-order valence-electron chi connectivity index (χ1n) is 11.1. The lowest BCUT2D eigenvalue weighted by atomic mass is 9.93. The van der Waals surface area contributed by atoms with E-state index in [1.165, 1.54) is 0 Å². The van der Waals surface area contributed by atoms with Crippen molar-refractivity contribution in [2.45, 2.75) is 26.2 Å². The summed E-state index contributed by atoms with van der Waals surface area (Å²) in [5.74, 6) is 0.0491. The van der Waals surface area contributed by atoms with E-state index in [0.29, 0.717) is 19.6 Å². The molecular formula is C23H32N4O3. The molecule has 0 saturated carbocycles. The van der Waals surface area contributed by atoms with Crippen LogP contribution in [0.25, 0.3) is 0 Å². The highest BCUT2D eigenvalue weighted by atomic mass is 16.2. The van der Waals surface area contributed by atoms with E-state index >= 15 is 0 Å². The van der Waals surface area contributed by atoms with E-state index in [-0.39, 0.29) is 36.0 Å². The summed E-state index contributed by atoms with van der Waals surface area (Å²) in [6.07, 6.45) is 1.71. The maximum Gasteiger partial charge on any atom is 0.228 e. The molecule has 1 aromatic carbocycles. The molecule has 3 aliphatic rings. The summed E-state index contributed by atoms with van der Waals surface area (Å²) in [7, 11) is 2.08. The fourth-order valence-electron chi connectivity index (χ4n) is 4.74. The fraction of sp³-hybridized carbons (Fsp3) is 0.609. The molecule has 0 radical (unpaired) electrons. The van der Waals surface area contributed by atoms with Crippen LogP contribution in [0, 0.1) is 18.8 Å². The van der Waals surface area contributed by atoms with Gasteiger partial charge in [0.2, 0.25) is 17.7 Å². The Morgan fingerprint density at radius 2 is 1.40 bits per heavy atom. The summed E-state index contributed by atoms with van der Waals surface area (Å²) >= 11 is 0. The predicted molar refractivity (Wildman–Crippen MR) is 115 cm³/mol. The third kappa shape index (κ3) is 4.36. The van der Waals surface area contributed by atoms with Crippen molar-refractivity contribution in [3.8, 4) is 0 Å². The Morgan fingerprint density at radius 3 is 2.03 bits per heavy atom. The number of nitrogens with zero attached hydrogens (tertiary/aromatic N) is 4. The van der Waals surface area contributed by atoms with E-state index in [4.69, 9.17) is 0 Å². The summed E-state index contributed by atoms with van der Waals surface area (Å²) in [4.78, 5) is 46.2. The molecule has 3 fully saturated rings. The molecule has 7 heteroatoms. The number of aryl methyl sites for hydroxylation is 1. The van der Waals surface area contributed by atoms with E-state index in [0.717, 1.165) is 50.3 Å². The molecule has 1 atom stereocenters. The van der Waals surface area contributed by atoms with Gasteiger partial charge in [0.1, 0.15) is 0 Å². The van der Waals surface area contributed by atoms with Gasteiger partial charge in [0, 0.05) is 63.8 Å². The van der Waals surface area contributed by atoms with E-state index < -0.39 is 0 Å². The van der Waals surface area contributed by atoms with Crippen molar-refractivity contribution in [1.82, 2.24) is 14.7 Å². The SMILES string of the molecule is Cc1ccc(N2CC(C(=O)N3CCC(C(=O)N4CCN(C)CC4)CC3)CC2=O)cc1. The zero-order chi connectivity index (χ0) is 21.3. The molecule has 1 unspecified atom stereocenters. The monoisotopic (exact) mass is 412 g/mol. The molecule has 3 aliphatic heterocycles. The van der Waals surface area contributed by atoms with Gasteiger partial charge >= 0.3 is 0 Å². The molecule has 162 valence electrons. The standard InChI is InChI=1S/C23H32N4O3/c1-17-3-5-20(6-4-17)27-16-19(15-21(27)28)23(30)25-9-7-18(8-10-25)22(29)26-13-11-24(2)12-14-26/h3-6,18-19H,7-16H2,1-2H3. The highest BCUT2D eigenvalue weighted by Gasteiger charge is 2.39. The van der Waals surface area contributed by atoms with Crippen LogP contribution in [0.5, 0.6) is 0 Å². The number of likely N-dealkylation sites (N-methyl/N-ethyl adjacent to an activating group) is 1. The first-order chi connectivity index (χ1) is 14.4. The van der Waals surface area contributed by atoms with Gasteiger partial charge in [0.15, 0.2) is 0 Å². The molecule has 0 aliphatic carbocycles. The third-order valence-corrected chi connectivity index (χ3v) is 6.79. The van der Waals surface area contributed by atoms with Crippen molar-refractivity contribution < 1.29 is 14.4 Å². The number of piperidine rings is 1. The second-order valence-corrected chi connectivity index (χ2v) is 8.97. The number of anilines is 1. The average Bonchev–Trinajstić information content (AvgIpc) is 3.15. The number of hydrogen-bond donors (Lipinski definition) is 0. The normalized spacial score (nSPS) is 23.9. The highest BCUT2D eigenvalue weighted by molar-refractivity contribution is 6.00. The molecule has 4 rings (SSSR count). The van der Waals surface area contributed by atoms with Gasteiger partial charge < -0.3 is 19.6 Å². The Kier molecular flexibility index (Phi) is 6.09. The van der Waals surface area contributed by atoms with Crippen LogP contribution < -0.4 is 4.90 Å². The van der Waals surface area contributed by atoms with Crippen LogP contribution in [0.15, 0.2) is 24.3 Å². The fourth-order valence-corrected chi connectivity index (χ4v) is 4.74. The van der Waals surface area contributed by atoms with Crippen molar-refractivity contribution in [1.29, 1.82) is 0 Å². The van der Waals surface area contributed by atoms with Crippen molar-refractivity contribution in [3.63, 3.8) is 0 Å². The first-order valence-corrected chi connectivity index (χ1v) is 11.1. The second kappa shape index (κ2) is 8.76. The van der Waals surface area contributed by atoms with Crippen LogP contribution in [-0.4, -0.2) is 85.3 Å². The number of amides is 3. The molecule has 0 bridgehead atoms. The molecule has 3 saturated heterocycles. The van der Waals surface area contributed by atoms with Crippen molar-refractivity contribution in [3.05, 3.63) is 29.8 Å². The lowest BCUT2D eigenvalue weighted by Crippen LogP contribution is -2.51. The van der Waals surface area contributed by atoms with Gasteiger partial charge in [-0.1, -0.05) is 17.7 Å². The van der Waals surface area contributed by atoms with E-state index in [1.54, 1.807) is 4.90 Å². The Morgan fingerprint density at radius 1 is 0.833 bits per heavy atom. The van der Waals surface area contributed by atoms with Gasteiger partial charge in [-0.3, -0.25) is 14.4 Å². The number of hydrogen-bond acceptors (Lipinski definition) is 4. The molecule has 3 amide bonds. The molecule has 1 aromatic rings. The van der Waals surface area contributed by atoms with Crippen LogP contribution in [0.1, 0.15) is 24.8 Å². The smallest absolute Gasteiger partial charge is 0.228 e. The zero-order valence-electron chi connectivity index (χ0n) is 18.0.